The number of hydrogen-bond donors (Lipinski definition) is 2. The van der Waals surface area contributed by atoms with Gasteiger partial charge in [-0.15, -0.1) is 11.8 Å². The Morgan fingerprint density at radius 3 is 2.44 bits per heavy atom. The van der Waals surface area contributed by atoms with Crippen molar-refractivity contribution >= 4 is 74.7 Å². The number of pyridine rings is 1. The van der Waals surface area contributed by atoms with Crippen LogP contribution in [0, 0.1) is 0 Å². The van der Waals surface area contributed by atoms with Gasteiger partial charge < -0.3 is 15.3 Å². The minimum absolute atomic E-state index is 0.0929. The standard InChI is InChI=1S/C18H17ClF2IN6PS.2C2H6/c1-27-6-5-10(26-27)9-3-4-11(13(7-9)30-2)23-12-8-14(19)24-17-15(12)25-18(16(20)21)28(17)29-22;2*1-2/h3-8,16,18,25,29H,1-2H3,(H,23,24);2*1-2H3. The number of hydrogen-bond acceptors (Lipinski definition) is 6. The molecule has 2 aromatic heterocycles. The highest BCUT2D eigenvalue weighted by atomic mass is 127. The number of fused-ring (bicyclic) bond motifs is 1. The first-order chi connectivity index (χ1) is 16.4. The van der Waals surface area contributed by atoms with E-state index in [9.17, 15) is 8.78 Å². The fraction of sp³-hybridized carbons (Fsp3) is 0.364. The maximum Gasteiger partial charge on any atom is 0.277 e. The van der Waals surface area contributed by atoms with E-state index in [4.69, 9.17) is 11.6 Å². The Balaban J connectivity index is 0.000000970. The molecule has 12 heteroatoms. The van der Waals surface area contributed by atoms with E-state index in [1.807, 2.05) is 71.5 Å². The number of rotatable bonds is 6. The van der Waals surface area contributed by atoms with Crippen molar-refractivity contribution in [3.8, 4) is 11.3 Å². The molecule has 2 N–H and O–H groups in total. The van der Waals surface area contributed by atoms with Gasteiger partial charge in [-0.25, -0.2) is 13.8 Å². The molecule has 4 rings (SSSR count). The van der Waals surface area contributed by atoms with Gasteiger partial charge in [0.1, 0.15) is 10.8 Å². The van der Waals surface area contributed by atoms with Crippen LogP contribution in [0.5, 0.6) is 0 Å². The summed E-state index contributed by atoms with van der Waals surface area (Å²) in [7, 11) is 1.88. The van der Waals surface area contributed by atoms with Crippen LogP contribution >= 0.6 is 51.8 Å². The van der Waals surface area contributed by atoms with Gasteiger partial charge in [0.05, 0.1) is 17.1 Å². The topological polar surface area (TPSA) is 58.0 Å². The summed E-state index contributed by atoms with van der Waals surface area (Å²) in [4.78, 5) is 5.28. The van der Waals surface area contributed by atoms with Gasteiger partial charge in [0, 0.05) is 36.1 Å². The minimum atomic E-state index is -2.56. The molecule has 1 aliphatic heterocycles. The van der Waals surface area contributed by atoms with Crippen LogP contribution in [0.25, 0.3) is 11.3 Å². The molecule has 2 unspecified atom stereocenters. The Bertz CT molecular complexity index is 1090. The molecule has 0 fully saturated rings. The second-order valence-corrected chi connectivity index (χ2v) is 9.82. The summed E-state index contributed by atoms with van der Waals surface area (Å²) in [5.41, 5.74) is 3.85. The summed E-state index contributed by atoms with van der Waals surface area (Å²) in [6.45, 7) is 8.00. The third-order valence-corrected chi connectivity index (χ3v) is 7.78. The van der Waals surface area contributed by atoms with E-state index in [-0.39, 0.29) is 11.5 Å². The van der Waals surface area contributed by atoms with Crippen molar-refractivity contribution in [1.82, 2.24) is 14.8 Å². The molecule has 0 spiro atoms. The van der Waals surface area contributed by atoms with Gasteiger partial charge in [-0.2, -0.15) is 5.10 Å². The monoisotopic (exact) mass is 640 g/mol. The van der Waals surface area contributed by atoms with Crippen molar-refractivity contribution in [2.24, 2.45) is 7.05 Å². The summed E-state index contributed by atoms with van der Waals surface area (Å²) >= 11 is 9.87. The molecule has 2 atom stereocenters. The molecular weight excluding hydrogens is 612 g/mol. The SMILES string of the molecule is CC.CC.CSc1cc(-c2ccn(C)n2)ccc1Nc1cc(Cl)nc2c1NC(C(F)F)N2PI. The summed E-state index contributed by atoms with van der Waals surface area (Å²) < 4.78 is 30.4. The molecule has 0 saturated heterocycles. The fourth-order valence-corrected chi connectivity index (χ4v) is 6.08. The number of thioether (sulfide) groups is 1. The summed E-state index contributed by atoms with van der Waals surface area (Å²) in [6, 6.07) is 9.57. The Kier molecular flexibility index (Phi) is 11.6. The number of nitrogens with zero attached hydrogens (tertiary/aromatic N) is 4. The highest BCUT2D eigenvalue weighted by Crippen LogP contribution is 2.49. The van der Waals surface area contributed by atoms with Crippen LogP contribution in [0.2, 0.25) is 5.15 Å². The molecule has 6 nitrogen and oxygen atoms in total. The lowest BCUT2D eigenvalue weighted by atomic mass is 10.1. The zero-order valence-corrected chi connectivity index (χ0v) is 24.6. The van der Waals surface area contributed by atoms with Crippen LogP contribution in [0.4, 0.5) is 31.7 Å². The fourth-order valence-electron chi connectivity index (χ4n) is 3.20. The van der Waals surface area contributed by atoms with Crippen molar-refractivity contribution < 1.29 is 8.78 Å². The van der Waals surface area contributed by atoms with Crippen molar-refractivity contribution in [2.75, 3.05) is 21.6 Å². The Labute approximate surface area is 223 Å². The molecule has 0 amide bonds. The quantitative estimate of drug-likeness (QED) is 0.122. The van der Waals surface area contributed by atoms with E-state index in [0.29, 0.717) is 17.2 Å². The number of nitrogens with one attached hydrogen (secondary N) is 2. The predicted molar refractivity (Wildman–Crippen MR) is 154 cm³/mol. The highest BCUT2D eigenvalue weighted by Gasteiger charge is 2.38. The molecule has 0 radical (unpaired) electrons. The summed E-state index contributed by atoms with van der Waals surface area (Å²) in [6.07, 6.45) is 0.278. The summed E-state index contributed by atoms with van der Waals surface area (Å²) in [5.74, 6) is 0.429. The lowest BCUT2D eigenvalue weighted by Gasteiger charge is -2.22. The number of aromatic nitrogens is 3. The molecule has 3 heterocycles. The van der Waals surface area contributed by atoms with Crippen LogP contribution in [0.3, 0.4) is 0 Å². The summed E-state index contributed by atoms with van der Waals surface area (Å²) in [5, 5.41) is 10.9. The second-order valence-electron chi connectivity index (χ2n) is 6.48. The first-order valence-corrected chi connectivity index (χ1v) is 16.4. The zero-order chi connectivity index (χ0) is 25.4. The van der Waals surface area contributed by atoms with Crippen LogP contribution in [0.15, 0.2) is 41.4 Å². The third-order valence-electron chi connectivity index (χ3n) is 4.58. The highest BCUT2D eigenvalue weighted by molar-refractivity contribution is 14.2. The van der Waals surface area contributed by atoms with Gasteiger partial charge >= 0.3 is 0 Å². The van der Waals surface area contributed by atoms with Gasteiger partial charge in [-0.05, 0) is 46.5 Å². The predicted octanol–water partition coefficient (Wildman–Crippen LogP) is 8.42. The number of benzene rings is 1. The average Bonchev–Trinajstić information content (AvgIpc) is 3.45. The van der Waals surface area contributed by atoms with E-state index in [1.165, 1.54) is 4.67 Å². The first kappa shape index (κ1) is 28.9. The van der Waals surface area contributed by atoms with Crippen molar-refractivity contribution in [2.45, 2.75) is 45.2 Å². The Morgan fingerprint density at radius 2 is 1.88 bits per heavy atom. The van der Waals surface area contributed by atoms with Gasteiger partial charge in [-0.1, -0.05) is 45.4 Å². The lowest BCUT2D eigenvalue weighted by molar-refractivity contribution is 0.130. The van der Waals surface area contributed by atoms with Crippen LogP contribution < -0.4 is 15.3 Å². The molecule has 0 saturated carbocycles. The maximum atomic E-state index is 13.5. The molecule has 0 bridgehead atoms. The van der Waals surface area contributed by atoms with Gasteiger partial charge in [0.2, 0.25) is 0 Å². The number of halogens is 4. The maximum absolute atomic E-state index is 13.5. The lowest BCUT2D eigenvalue weighted by Crippen LogP contribution is -2.35. The van der Waals surface area contributed by atoms with Gasteiger partial charge in [0.15, 0.2) is 12.0 Å². The molecule has 1 aromatic carbocycles. The molecule has 34 heavy (non-hydrogen) atoms. The van der Waals surface area contributed by atoms with Crippen LogP contribution in [-0.4, -0.2) is 33.6 Å². The van der Waals surface area contributed by atoms with E-state index < -0.39 is 12.6 Å². The van der Waals surface area contributed by atoms with Crippen LogP contribution in [-0.2, 0) is 7.05 Å². The Hall–Kier alpha value is -1.36. The van der Waals surface area contributed by atoms with E-state index in [2.05, 4.69) is 42.8 Å². The van der Waals surface area contributed by atoms with Gasteiger partial charge in [0.25, 0.3) is 6.43 Å². The molecule has 186 valence electrons. The number of aryl methyl sites for hydroxylation is 1. The number of anilines is 4. The van der Waals surface area contributed by atoms with Gasteiger partial charge in [-0.3, -0.25) is 4.68 Å². The average molecular weight is 641 g/mol. The van der Waals surface area contributed by atoms with Crippen molar-refractivity contribution in [3.63, 3.8) is 0 Å². The minimum Gasteiger partial charge on any atom is -0.356 e. The molecular formula is C22H29ClF2IN6PS. The number of alkyl halides is 2. The second kappa shape index (κ2) is 13.7. The largest absolute Gasteiger partial charge is 0.356 e. The molecule has 0 aliphatic carbocycles. The molecule has 1 aliphatic rings. The molecule has 3 aromatic rings. The third kappa shape index (κ3) is 6.44. The normalized spacial score (nSPS) is 14.3. The van der Waals surface area contributed by atoms with Crippen LogP contribution in [0.1, 0.15) is 27.7 Å². The van der Waals surface area contributed by atoms with E-state index in [1.54, 1.807) is 22.5 Å². The van der Waals surface area contributed by atoms with E-state index in [0.717, 1.165) is 21.8 Å². The van der Waals surface area contributed by atoms with Crippen molar-refractivity contribution in [1.29, 1.82) is 0 Å². The van der Waals surface area contributed by atoms with E-state index >= 15 is 0 Å². The first-order valence-electron chi connectivity index (χ1n) is 10.8. The zero-order valence-electron chi connectivity index (χ0n) is 19.8. The Morgan fingerprint density at radius 1 is 1.18 bits per heavy atom. The van der Waals surface area contributed by atoms with Crippen molar-refractivity contribution in [3.05, 3.63) is 41.7 Å². The smallest absolute Gasteiger partial charge is 0.277 e.